The van der Waals surface area contributed by atoms with Crippen LogP contribution in [0, 0.1) is 13.8 Å². The van der Waals surface area contributed by atoms with E-state index in [1.54, 1.807) is 26.8 Å². The van der Waals surface area contributed by atoms with Crippen LogP contribution < -0.4 is 15.0 Å². The molecule has 0 amide bonds. The number of aryl methyl sites for hydroxylation is 2. The summed E-state index contributed by atoms with van der Waals surface area (Å²) in [6, 6.07) is 4.34. The number of ether oxygens (including phenoxy) is 1. The first-order chi connectivity index (χ1) is 11.7. The van der Waals surface area contributed by atoms with Gasteiger partial charge in [0.05, 0.1) is 6.61 Å². The molecular formula is C16H20ClN3O4S. The molecule has 2 rings (SSSR count). The Labute approximate surface area is 151 Å². The lowest BCUT2D eigenvalue weighted by Gasteiger charge is -2.13. The summed E-state index contributed by atoms with van der Waals surface area (Å²) in [6.07, 6.45) is 0.250. The van der Waals surface area contributed by atoms with Gasteiger partial charge < -0.3 is 9.72 Å². The topological polar surface area (TPSA) is 101 Å². The molecule has 1 heterocycles. The van der Waals surface area contributed by atoms with Gasteiger partial charge in [-0.05, 0) is 38.5 Å². The highest BCUT2D eigenvalue weighted by atomic mass is 35.5. The summed E-state index contributed by atoms with van der Waals surface area (Å²) in [4.78, 5) is 18.1. The molecule has 0 saturated carbocycles. The monoisotopic (exact) mass is 385 g/mol. The minimum absolute atomic E-state index is 0.0179. The average Bonchev–Trinajstić information content (AvgIpc) is 2.49. The van der Waals surface area contributed by atoms with Gasteiger partial charge >= 0.3 is 0 Å². The first-order valence-electron chi connectivity index (χ1n) is 7.72. The molecule has 0 radical (unpaired) electrons. The molecule has 0 aliphatic carbocycles. The van der Waals surface area contributed by atoms with Crippen molar-refractivity contribution in [1.29, 1.82) is 0 Å². The van der Waals surface area contributed by atoms with Crippen LogP contribution >= 0.6 is 11.6 Å². The summed E-state index contributed by atoms with van der Waals surface area (Å²) in [6.45, 7) is 5.65. The fraction of sp³-hybridized carbons (Fsp3) is 0.375. The van der Waals surface area contributed by atoms with Gasteiger partial charge in [-0.2, -0.15) is 0 Å². The average molecular weight is 386 g/mol. The van der Waals surface area contributed by atoms with E-state index in [4.69, 9.17) is 16.3 Å². The molecule has 0 aliphatic heterocycles. The molecule has 0 bridgehead atoms. The van der Waals surface area contributed by atoms with Crippen molar-refractivity contribution in [2.75, 3.05) is 13.2 Å². The summed E-state index contributed by atoms with van der Waals surface area (Å²) in [5.41, 5.74) is 1.03. The van der Waals surface area contributed by atoms with Crippen molar-refractivity contribution in [2.24, 2.45) is 0 Å². The standard InChI is InChI=1S/C16H20ClN3O4S/c1-4-24-13-7-10(2)12(17)9-14(13)25(22,23)18-6-5-15-19-11(3)8-16(21)20-15/h7-9,18H,4-6H2,1-3H3,(H,19,20,21). The van der Waals surface area contributed by atoms with Crippen LogP contribution in [-0.4, -0.2) is 31.5 Å². The lowest BCUT2D eigenvalue weighted by Crippen LogP contribution is -2.27. The van der Waals surface area contributed by atoms with Gasteiger partial charge in [0.1, 0.15) is 16.5 Å². The lowest BCUT2D eigenvalue weighted by molar-refractivity contribution is 0.330. The van der Waals surface area contributed by atoms with Crippen LogP contribution in [0.3, 0.4) is 0 Å². The predicted octanol–water partition coefficient (Wildman–Crippen LogP) is 1.96. The number of rotatable bonds is 7. The molecule has 7 nitrogen and oxygen atoms in total. The van der Waals surface area contributed by atoms with E-state index in [9.17, 15) is 13.2 Å². The van der Waals surface area contributed by atoms with E-state index in [1.807, 2.05) is 0 Å². The number of aromatic amines is 1. The van der Waals surface area contributed by atoms with Crippen LogP contribution in [0.15, 0.2) is 27.9 Å². The number of hydrogen-bond acceptors (Lipinski definition) is 5. The quantitative estimate of drug-likeness (QED) is 0.758. The SMILES string of the molecule is CCOc1cc(C)c(Cl)cc1S(=O)(=O)NCCc1nc(C)cc(=O)[nH]1. The van der Waals surface area contributed by atoms with Crippen molar-refractivity contribution in [3.63, 3.8) is 0 Å². The van der Waals surface area contributed by atoms with Crippen molar-refractivity contribution in [2.45, 2.75) is 32.1 Å². The second-order valence-corrected chi connectivity index (χ2v) is 7.60. The number of nitrogens with one attached hydrogen (secondary N) is 2. The highest BCUT2D eigenvalue weighted by molar-refractivity contribution is 7.89. The largest absolute Gasteiger partial charge is 0.492 e. The van der Waals surface area contributed by atoms with Crippen LogP contribution in [0.4, 0.5) is 0 Å². The first kappa shape index (κ1) is 19.4. The number of halogens is 1. The van der Waals surface area contributed by atoms with Crippen molar-refractivity contribution >= 4 is 21.6 Å². The van der Waals surface area contributed by atoms with Crippen molar-refractivity contribution in [3.8, 4) is 5.75 Å². The van der Waals surface area contributed by atoms with Gasteiger partial charge in [0.15, 0.2) is 0 Å². The zero-order valence-corrected chi connectivity index (χ0v) is 15.8. The molecule has 9 heteroatoms. The molecule has 1 aromatic carbocycles. The lowest BCUT2D eigenvalue weighted by atomic mass is 10.2. The van der Waals surface area contributed by atoms with Crippen molar-refractivity contribution < 1.29 is 13.2 Å². The third-order valence-electron chi connectivity index (χ3n) is 3.39. The fourth-order valence-electron chi connectivity index (χ4n) is 2.26. The zero-order chi connectivity index (χ0) is 18.6. The third-order valence-corrected chi connectivity index (χ3v) is 5.28. The third kappa shape index (κ3) is 5.04. The smallest absolute Gasteiger partial charge is 0.251 e. The van der Waals surface area contributed by atoms with E-state index in [-0.39, 0.29) is 29.2 Å². The Hall–Kier alpha value is -1.90. The molecule has 0 saturated heterocycles. The summed E-state index contributed by atoms with van der Waals surface area (Å²) in [7, 11) is -3.82. The highest BCUT2D eigenvalue weighted by Crippen LogP contribution is 2.30. The van der Waals surface area contributed by atoms with Gasteiger partial charge in [0, 0.05) is 29.7 Å². The van der Waals surface area contributed by atoms with E-state index in [0.29, 0.717) is 23.1 Å². The van der Waals surface area contributed by atoms with Crippen LogP contribution in [0.2, 0.25) is 5.02 Å². The predicted molar refractivity (Wildman–Crippen MR) is 95.8 cm³/mol. The Morgan fingerprint density at radius 2 is 2.00 bits per heavy atom. The number of H-pyrrole nitrogens is 1. The minimum Gasteiger partial charge on any atom is -0.492 e. The molecule has 0 unspecified atom stereocenters. The molecule has 1 aromatic heterocycles. The molecule has 25 heavy (non-hydrogen) atoms. The summed E-state index contributed by atoms with van der Waals surface area (Å²) < 4.78 is 33.0. The van der Waals surface area contributed by atoms with Crippen LogP contribution in [0.25, 0.3) is 0 Å². The summed E-state index contributed by atoms with van der Waals surface area (Å²) in [5, 5.41) is 0.341. The van der Waals surface area contributed by atoms with E-state index in [2.05, 4.69) is 14.7 Å². The molecule has 0 atom stereocenters. The number of nitrogens with zero attached hydrogens (tertiary/aromatic N) is 1. The van der Waals surface area contributed by atoms with Gasteiger partial charge in [-0.15, -0.1) is 0 Å². The maximum atomic E-state index is 12.6. The Morgan fingerprint density at radius 1 is 1.28 bits per heavy atom. The van der Waals surface area contributed by atoms with Crippen LogP contribution in [0.5, 0.6) is 5.75 Å². The Bertz CT molecular complexity index is 925. The molecular weight excluding hydrogens is 366 g/mol. The maximum absolute atomic E-state index is 12.6. The fourth-order valence-corrected chi connectivity index (χ4v) is 3.67. The molecule has 0 fully saturated rings. The van der Waals surface area contributed by atoms with Gasteiger partial charge in [-0.3, -0.25) is 4.79 Å². The Kier molecular flexibility index (Phi) is 6.21. The molecule has 0 spiro atoms. The number of sulfonamides is 1. The molecule has 136 valence electrons. The van der Waals surface area contributed by atoms with Crippen molar-refractivity contribution in [3.05, 3.63) is 50.7 Å². The van der Waals surface area contributed by atoms with Gasteiger partial charge in [-0.1, -0.05) is 11.6 Å². The normalized spacial score (nSPS) is 11.5. The summed E-state index contributed by atoms with van der Waals surface area (Å²) >= 11 is 6.06. The number of hydrogen-bond donors (Lipinski definition) is 2. The molecule has 2 aromatic rings. The number of aromatic nitrogens is 2. The van der Waals surface area contributed by atoms with Gasteiger partial charge in [0.2, 0.25) is 10.0 Å². The second-order valence-electron chi connectivity index (χ2n) is 5.46. The van der Waals surface area contributed by atoms with E-state index < -0.39 is 10.0 Å². The zero-order valence-electron chi connectivity index (χ0n) is 14.2. The Balaban J connectivity index is 2.18. The minimum atomic E-state index is -3.82. The summed E-state index contributed by atoms with van der Waals surface area (Å²) in [5.74, 6) is 0.665. The van der Waals surface area contributed by atoms with Crippen molar-refractivity contribution in [1.82, 2.24) is 14.7 Å². The van der Waals surface area contributed by atoms with E-state index >= 15 is 0 Å². The second kappa shape index (κ2) is 7.99. The van der Waals surface area contributed by atoms with Crippen LogP contribution in [0.1, 0.15) is 24.0 Å². The van der Waals surface area contributed by atoms with E-state index in [1.165, 1.54) is 12.1 Å². The Morgan fingerprint density at radius 3 is 2.64 bits per heavy atom. The molecule has 2 N–H and O–H groups in total. The van der Waals surface area contributed by atoms with Gasteiger partial charge in [0.25, 0.3) is 5.56 Å². The van der Waals surface area contributed by atoms with Gasteiger partial charge in [-0.25, -0.2) is 18.1 Å². The van der Waals surface area contributed by atoms with E-state index in [0.717, 1.165) is 5.56 Å². The number of benzene rings is 1. The molecule has 0 aliphatic rings. The highest BCUT2D eigenvalue weighted by Gasteiger charge is 2.21. The van der Waals surface area contributed by atoms with Crippen LogP contribution in [-0.2, 0) is 16.4 Å². The maximum Gasteiger partial charge on any atom is 0.251 e. The first-order valence-corrected chi connectivity index (χ1v) is 9.58.